The highest BCUT2D eigenvalue weighted by Gasteiger charge is 2.28. The predicted octanol–water partition coefficient (Wildman–Crippen LogP) is 3.80. The van der Waals surface area contributed by atoms with E-state index in [0.717, 1.165) is 77.0 Å². The summed E-state index contributed by atoms with van der Waals surface area (Å²) in [6.45, 7) is 3.94. The molecule has 0 aromatic heterocycles. The number of amides is 5. The molecule has 3 rings (SSSR count). The van der Waals surface area contributed by atoms with Crippen LogP contribution in [0.4, 0.5) is 4.79 Å². The zero-order chi connectivity index (χ0) is 31.2. The van der Waals surface area contributed by atoms with Gasteiger partial charge in [0, 0.05) is 37.6 Å². The second-order valence-electron chi connectivity index (χ2n) is 13.4. The Morgan fingerprint density at radius 2 is 1.21 bits per heavy atom. The van der Waals surface area contributed by atoms with Crippen molar-refractivity contribution in [1.29, 1.82) is 0 Å². The van der Waals surface area contributed by atoms with Crippen molar-refractivity contribution in [1.82, 2.24) is 25.8 Å². The van der Waals surface area contributed by atoms with Gasteiger partial charge in [-0.3, -0.25) is 19.2 Å². The lowest BCUT2D eigenvalue weighted by Gasteiger charge is -2.32. The molecule has 43 heavy (non-hydrogen) atoms. The summed E-state index contributed by atoms with van der Waals surface area (Å²) in [5.41, 5.74) is 0. The molecule has 3 fully saturated rings. The molecule has 0 aliphatic heterocycles. The Kier molecular flexibility index (Phi) is 14.6. The number of hydrogen-bond donors (Lipinski definition) is 4. The zero-order valence-electron chi connectivity index (χ0n) is 26.4. The smallest absolute Gasteiger partial charge is 0.315 e. The lowest BCUT2D eigenvalue weighted by Crippen LogP contribution is -2.51. The third kappa shape index (κ3) is 13.1. The highest BCUT2D eigenvalue weighted by Crippen LogP contribution is 2.27. The fourth-order valence-electron chi connectivity index (χ4n) is 6.74. The van der Waals surface area contributed by atoms with Crippen molar-refractivity contribution in [2.75, 3.05) is 26.2 Å². The largest absolute Gasteiger partial charge is 0.481 e. The molecule has 0 unspecified atom stereocenters. The summed E-state index contributed by atoms with van der Waals surface area (Å²) in [7, 11) is 0. The molecule has 11 nitrogen and oxygen atoms in total. The van der Waals surface area contributed by atoms with Gasteiger partial charge < -0.3 is 30.9 Å². The van der Waals surface area contributed by atoms with Gasteiger partial charge in [0.25, 0.3) is 0 Å². The minimum absolute atomic E-state index is 0.0212. The molecule has 0 bridgehead atoms. The van der Waals surface area contributed by atoms with Crippen molar-refractivity contribution in [3.8, 4) is 0 Å². The van der Waals surface area contributed by atoms with Crippen LogP contribution < -0.4 is 16.0 Å². The van der Waals surface area contributed by atoms with E-state index in [-0.39, 0.29) is 79.8 Å². The van der Waals surface area contributed by atoms with Gasteiger partial charge in [-0.25, -0.2) is 4.79 Å². The van der Waals surface area contributed by atoms with E-state index in [1.807, 2.05) is 13.8 Å². The molecule has 3 aliphatic rings. The van der Waals surface area contributed by atoms with Gasteiger partial charge in [0.1, 0.15) is 0 Å². The molecule has 5 amide bonds. The van der Waals surface area contributed by atoms with E-state index in [4.69, 9.17) is 0 Å². The van der Waals surface area contributed by atoms with Gasteiger partial charge >= 0.3 is 12.0 Å². The first-order valence-corrected chi connectivity index (χ1v) is 16.7. The van der Waals surface area contributed by atoms with Gasteiger partial charge in [0.05, 0.1) is 19.5 Å². The zero-order valence-corrected chi connectivity index (χ0v) is 26.4. The summed E-state index contributed by atoms with van der Waals surface area (Å²) in [5, 5.41) is 18.5. The maximum atomic E-state index is 13.4. The number of hydrogen-bond acceptors (Lipinski definition) is 5. The Morgan fingerprint density at radius 1 is 0.674 bits per heavy atom. The summed E-state index contributed by atoms with van der Waals surface area (Å²) in [4.78, 5) is 66.1. The molecule has 4 N–H and O–H groups in total. The average molecular weight is 606 g/mol. The standard InChI is InChI=1S/C32H55N5O6/c1-23(2)20-37(30(40)22-36(18-17-31(41)42)29(39)19-24-9-5-3-6-10-24)21-28(38)33-26-13-15-27(16-14-26)35-32(43)34-25-11-7-4-8-12-25/h23-27H,3-22H2,1-2H3,(H,33,38)(H,41,42)(H2,34,35,43). The molecule has 0 saturated heterocycles. The molecule has 0 heterocycles. The lowest BCUT2D eigenvalue weighted by molar-refractivity contribution is -0.144. The van der Waals surface area contributed by atoms with Crippen LogP contribution in [-0.4, -0.2) is 88.9 Å². The molecule has 11 heteroatoms. The monoisotopic (exact) mass is 605 g/mol. The third-order valence-corrected chi connectivity index (χ3v) is 9.10. The highest BCUT2D eigenvalue weighted by molar-refractivity contribution is 5.88. The summed E-state index contributed by atoms with van der Waals surface area (Å²) >= 11 is 0. The van der Waals surface area contributed by atoms with Crippen molar-refractivity contribution in [3.63, 3.8) is 0 Å². The van der Waals surface area contributed by atoms with Gasteiger partial charge in [-0.05, 0) is 63.2 Å². The van der Waals surface area contributed by atoms with E-state index in [1.165, 1.54) is 22.6 Å². The van der Waals surface area contributed by atoms with Crippen LogP contribution >= 0.6 is 0 Å². The Morgan fingerprint density at radius 3 is 1.77 bits per heavy atom. The number of carboxylic acid groups (broad SMARTS) is 1. The van der Waals surface area contributed by atoms with Crippen LogP contribution in [0.1, 0.15) is 117 Å². The molecule has 3 saturated carbocycles. The Hall–Kier alpha value is -2.85. The summed E-state index contributed by atoms with van der Waals surface area (Å²) in [6, 6.07) is 0.225. The fraction of sp³-hybridized carbons (Fsp3) is 0.844. The van der Waals surface area contributed by atoms with Crippen molar-refractivity contribution in [3.05, 3.63) is 0 Å². The fourth-order valence-corrected chi connectivity index (χ4v) is 6.74. The van der Waals surface area contributed by atoms with E-state index in [1.54, 1.807) is 0 Å². The van der Waals surface area contributed by atoms with Crippen molar-refractivity contribution >= 4 is 29.7 Å². The highest BCUT2D eigenvalue weighted by atomic mass is 16.4. The first kappa shape index (κ1) is 34.6. The Labute approximate surface area is 257 Å². The van der Waals surface area contributed by atoms with Crippen molar-refractivity contribution in [2.24, 2.45) is 11.8 Å². The number of aliphatic carboxylic acids is 1. The number of nitrogens with zero attached hydrogens (tertiary/aromatic N) is 2. The van der Waals surface area contributed by atoms with Crippen LogP contribution in [0.15, 0.2) is 0 Å². The van der Waals surface area contributed by atoms with Gasteiger partial charge in [0.15, 0.2) is 0 Å². The first-order chi connectivity index (χ1) is 20.6. The molecule has 244 valence electrons. The van der Waals surface area contributed by atoms with Crippen LogP contribution in [0.5, 0.6) is 0 Å². The van der Waals surface area contributed by atoms with Gasteiger partial charge in [-0.2, -0.15) is 0 Å². The van der Waals surface area contributed by atoms with Gasteiger partial charge in [-0.1, -0.05) is 52.4 Å². The minimum atomic E-state index is -1.02. The molecule has 0 aromatic carbocycles. The first-order valence-electron chi connectivity index (χ1n) is 16.7. The molecule has 0 aromatic rings. The van der Waals surface area contributed by atoms with Crippen molar-refractivity contribution in [2.45, 2.75) is 135 Å². The number of rotatable bonds is 14. The lowest BCUT2D eigenvalue weighted by atomic mass is 9.86. The van der Waals surface area contributed by atoms with Crippen LogP contribution in [0.2, 0.25) is 0 Å². The SMILES string of the molecule is CC(C)CN(CC(=O)NC1CCC(NC(=O)NC2CCCCC2)CC1)C(=O)CN(CCC(=O)O)C(=O)CC1CCCCC1. The minimum Gasteiger partial charge on any atom is -0.481 e. The van der Waals surface area contributed by atoms with Gasteiger partial charge in [-0.15, -0.1) is 0 Å². The topological polar surface area (TPSA) is 148 Å². The van der Waals surface area contributed by atoms with Gasteiger partial charge in [0.2, 0.25) is 17.7 Å². The van der Waals surface area contributed by atoms with E-state index in [9.17, 15) is 29.1 Å². The predicted molar refractivity (Wildman–Crippen MR) is 164 cm³/mol. The summed E-state index contributed by atoms with van der Waals surface area (Å²) < 4.78 is 0. The summed E-state index contributed by atoms with van der Waals surface area (Å²) in [6.07, 6.45) is 14.1. The number of nitrogens with one attached hydrogen (secondary N) is 3. The third-order valence-electron chi connectivity index (χ3n) is 9.10. The molecule has 3 aliphatic carbocycles. The normalized spacial score (nSPS) is 21.6. The Bertz CT molecular complexity index is 923. The number of carbonyl (C=O) groups is 5. The van der Waals surface area contributed by atoms with E-state index in [2.05, 4.69) is 16.0 Å². The second kappa shape index (κ2) is 18.1. The van der Waals surface area contributed by atoms with E-state index >= 15 is 0 Å². The van der Waals surface area contributed by atoms with Crippen LogP contribution in [-0.2, 0) is 19.2 Å². The van der Waals surface area contributed by atoms with Crippen LogP contribution in [0.3, 0.4) is 0 Å². The molecular formula is C32H55N5O6. The number of urea groups is 1. The molecule has 0 radical (unpaired) electrons. The average Bonchev–Trinajstić information content (AvgIpc) is 2.96. The maximum absolute atomic E-state index is 13.4. The van der Waals surface area contributed by atoms with Crippen LogP contribution in [0.25, 0.3) is 0 Å². The Balaban J connectivity index is 1.47. The molecule has 0 atom stereocenters. The summed E-state index contributed by atoms with van der Waals surface area (Å²) in [5.74, 6) is -1.40. The molecular weight excluding hydrogens is 550 g/mol. The number of carboxylic acids is 1. The molecule has 0 spiro atoms. The second-order valence-corrected chi connectivity index (χ2v) is 13.4. The van der Waals surface area contributed by atoms with E-state index < -0.39 is 5.97 Å². The van der Waals surface area contributed by atoms with E-state index in [0.29, 0.717) is 13.0 Å². The van der Waals surface area contributed by atoms with Crippen molar-refractivity contribution < 1.29 is 29.1 Å². The quantitative estimate of drug-likeness (QED) is 0.237. The van der Waals surface area contributed by atoms with Crippen LogP contribution in [0, 0.1) is 11.8 Å². The maximum Gasteiger partial charge on any atom is 0.315 e. The number of carbonyl (C=O) groups excluding carboxylic acids is 4.